The normalized spacial score (nSPS) is 10.5. The molecule has 29 heavy (non-hydrogen) atoms. The average molecular weight is 406 g/mol. The number of carbonyl (C=O) groups excluding carboxylic acids is 1. The molecule has 0 saturated heterocycles. The van der Waals surface area contributed by atoms with E-state index in [1.165, 1.54) is 11.3 Å². The lowest BCUT2D eigenvalue weighted by Crippen LogP contribution is -2.10. The number of rotatable bonds is 7. The lowest BCUT2D eigenvalue weighted by Gasteiger charge is -2.08. The molecular formula is C22H18N2O4S. The molecule has 0 radical (unpaired) electrons. The second kappa shape index (κ2) is 8.62. The number of aryl methyl sites for hydroxylation is 1. The molecular weight excluding hydrogens is 388 g/mol. The van der Waals surface area contributed by atoms with Gasteiger partial charge >= 0.3 is 0 Å². The van der Waals surface area contributed by atoms with Gasteiger partial charge in [0.15, 0.2) is 10.9 Å². The molecule has 0 bridgehead atoms. The van der Waals surface area contributed by atoms with Crippen LogP contribution in [0.15, 0.2) is 76.5 Å². The Morgan fingerprint density at radius 3 is 2.62 bits per heavy atom. The Morgan fingerprint density at radius 1 is 1.03 bits per heavy atom. The molecule has 0 unspecified atom stereocenters. The summed E-state index contributed by atoms with van der Waals surface area (Å²) in [5, 5.41) is 5.12. The summed E-state index contributed by atoms with van der Waals surface area (Å²) in [7, 11) is 0. The molecule has 2 aromatic heterocycles. The van der Waals surface area contributed by atoms with Crippen molar-refractivity contribution in [3.63, 3.8) is 0 Å². The van der Waals surface area contributed by atoms with E-state index >= 15 is 0 Å². The third-order valence-electron chi connectivity index (χ3n) is 3.89. The number of amides is 1. The molecule has 0 aliphatic carbocycles. The number of furan rings is 1. The van der Waals surface area contributed by atoms with Crippen LogP contribution in [-0.4, -0.2) is 10.9 Å². The number of carbonyl (C=O) groups is 1. The highest BCUT2D eigenvalue weighted by molar-refractivity contribution is 7.13. The molecule has 4 rings (SSSR count). The molecule has 6 nitrogen and oxygen atoms in total. The summed E-state index contributed by atoms with van der Waals surface area (Å²) < 4.78 is 17.2. The monoisotopic (exact) mass is 406 g/mol. The highest BCUT2D eigenvalue weighted by atomic mass is 32.1. The second-order valence-electron chi connectivity index (χ2n) is 6.19. The van der Waals surface area contributed by atoms with Gasteiger partial charge in [0.25, 0.3) is 5.91 Å². The molecule has 2 heterocycles. The standard InChI is InChI=1S/C22H18N2O4S/c1-15-14-29-22(23-15)24-21(25)20-11-10-19(28-20)13-26-17-8-5-9-18(12-17)27-16-6-3-2-4-7-16/h2-12,14H,13H2,1H3,(H,23,24,25). The summed E-state index contributed by atoms with van der Waals surface area (Å²) in [5.74, 6) is 2.47. The first kappa shape index (κ1) is 18.8. The van der Waals surface area contributed by atoms with Gasteiger partial charge in [-0.2, -0.15) is 0 Å². The molecule has 0 spiro atoms. The van der Waals surface area contributed by atoms with Crippen LogP contribution in [0, 0.1) is 6.92 Å². The Labute approximate surface area is 171 Å². The lowest BCUT2D eigenvalue weighted by atomic mass is 10.3. The van der Waals surface area contributed by atoms with E-state index in [1.807, 2.05) is 60.8 Å². The first-order chi connectivity index (χ1) is 14.2. The van der Waals surface area contributed by atoms with Gasteiger partial charge in [-0.25, -0.2) is 4.98 Å². The quantitative estimate of drug-likeness (QED) is 0.428. The number of nitrogens with one attached hydrogen (secondary N) is 1. The minimum atomic E-state index is -0.344. The summed E-state index contributed by atoms with van der Waals surface area (Å²) in [4.78, 5) is 16.4. The number of ether oxygens (including phenoxy) is 2. The van der Waals surface area contributed by atoms with E-state index in [4.69, 9.17) is 13.9 Å². The Bertz CT molecular complexity index is 1100. The molecule has 146 valence electrons. The summed E-state index contributed by atoms with van der Waals surface area (Å²) in [6.07, 6.45) is 0. The van der Waals surface area contributed by atoms with Crippen LogP contribution in [-0.2, 0) is 6.61 Å². The second-order valence-corrected chi connectivity index (χ2v) is 7.05. The highest BCUT2D eigenvalue weighted by Gasteiger charge is 2.13. The third-order valence-corrected chi connectivity index (χ3v) is 4.77. The lowest BCUT2D eigenvalue weighted by molar-refractivity contribution is 0.0992. The molecule has 1 amide bonds. The van der Waals surface area contributed by atoms with Crippen molar-refractivity contribution in [2.45, 2.75) is 13.5 Å². The van der Waals surface area contributed by atoms with Crippen LogP contribution in [0.4, 0.5) is 5.13 Å². The van der Waals surface area contributed by atoms with Crippen LogP contribution in [0.3, 0.4) is 0 Å². The van der Waals surface area contributed by atoms with Crippen LogP contribution >= 0.6 is 11.3 Å². The van der Waals surface area contributed by atoms with E-state index in [2.05, 4.69) is 10.3 Å². The zero-order valence-corrected chi connectivity index (χ0v) is 16.4. The smallest absolute Gasteiger partial charge is 0.293 e. The predicted molar refractivity (Wildman–Crippen MR) is 111 cm³/mol. The van der Waals surface area contributed by atoms with Crippen molar-refractivity contribution in [1.29, 1.82) is 0 Å². The topological polar surface area (TPSA) is 73.6 Å². The van der Waals surface area contributed by atoms with Crippen molar-refractivity contribution in [2.24, 2.45) is 0 Å². The fourth-order valence-corrected chi connectivity index (χ4v) is 3.24. The maximum atomic E-state index is 12.2. The fourth-order valence-electron chi connectivity index (χ4n) is 2.55. The Kier molecular flexibility index (Phi) is 5.58. The first-order valence-corrected chi connectivity index (χ1v) is 9.82. The van der Waals surface area contributed by atoms with Crippen molar-refractivity contribution in [3.05, 3.63) is 89.3 Å². The molecule has 0 atom stereocenters. The van der Waals surface area contributed by atoms with Crippen molar-refractivity contribution in [1.82, 2.24) is 4.98 Å². The predicted octanol–water partition coefficient (Wildman–Crippen LogP) is 5.67. The van der Waals surface area contributed by atoms with Gasteiger partial charge in [-0.1, -0.05) is 24.3 Å². The van der Waals surface area contributed by atoms with Gasteiger partial charge in [0.1, 0.15) is 29.6 Å². The van der Waals surface area contributed by atoms with E-state index in [9.17, 15) is 4.79 Å². The fraction of sp³-hybridized carbons (Fsp3) is 0.0909. The largest absolute Gasteiger partial charge is 0.486 e. The van der Waals surface area contributed by atoms with Crippen LogP contribution < -0.4 is 14.8 Å². The molecule has 7 heteroatoms. The third kappa shape index (κ3) is 5.03. The van der Waals surface area contributed by atoms with Gasteiger partial charge < -0.3 is 13.9 Å². The number of hydrogen-bond donors (Lipinski definition) is 1. The number of anilines is 1. The number of aromatic nitrogens is 1. The van der Waals surface area contributed by atoms with Crippen LogP contribution in [0.1, 0.15) is 22.0 Å². The van der Waals surface area contributed by atoms with Crippen molar-refractivity contribution in [3.8, 4) is 17.2 Å². The molecule has 4 aromatic rings. The minimum absolute atomic E-state index is 0.193. The zero-order chi connectivity index (χ0) is 20.1. The van der Waals surface area contributed by atoms with Crippen molar-refractivity contribution in [2.75, 3.05) is 5.32 Å². The summed E-state index contributed by atoms with van der Waals surface area (Å²) >= 11 is 1.37. The van der Waals surface area contributed by atoms with Crippen LogP contribution in [0.2, 0.25) is 0 Å². The van der Waals surface area contributed by atoms with E-state index in [1.54, 1.807) is 18.2 Å². The highest BCUT2D eigenvalue weighted by Crippen LogP contribution is 2.25. The van der Waals surface area contributed by atoms with Gasteiger partial charge in [0.05, 0.1) is 5.69 Å². The minimum Gasteiger partial charge on any atom is -0.486 e. The maximum Gasteiger partial charge on any atom is 0.293 e. The molecule has 2 aromatic carbocycles. The zero-order valence-electron chi connectivity index (χ0n) is 15.6. The summed E-state index contributed by atoms with van der Waals surface area (Å²) in [6, 6.07) is 20.2. The van der Waals surface area contributed by atoms with Crippen molar-refractivity contribution < 1.29 is 18.7 Å². The van der Waals surface area contributed by atoms with Crippen LogP contribution in [0.25, 0.3) is 0 Å². The molecule has 0 saturated carbocycles. The molecule has 0 aliphatic rings. The molecule has 0 fully saturated rings. The Balaban J connectivity index is 1.35. The van der Waals surface area contributed by atoms with Crippen LogP contribution in [0.5, 0.6) is 17.2 Å². The van der Waals surface area contributed by atoms with Gasteiger partial charge in [-0.3, -0.25) is 10.1 Å². The van der Waals surface area contributed by atoms with Gasteiger partial charge in [-0.15, -0.1) is 11.3 Å². The van der Waals surface area contributed by atoms with E-state index in [-0.39, 0.29) is 18.3 Å². The van der Waals surface area contributed by atoms with E-state index in [0.29, 0.717) is 22.4 Å². The number of benzene rings is 2. The van der Waals surface area contributed by atoms with Gasteiger partial charge in [-0.05, 0) is 43.3 Å². The van der Waals surface area contributed by atoms with Gasteiger partial charge in [0.2, 0.25) is 0 Å². The van der Waals surface area contributed by atoms with E-state index in [0.717, 1.165) is 11.4 Å². The summed E-state index contributed by atoms with van der Waals surface area (Å²) in [5.41, 5.74) is 0.859. The average Bonchev–Trinajstić information content (AvgIpc) is 3.36. The Hall–Kier alpha value is -3.58. The number of nitrogens with zero attached hydrogens (tertiary/aromatic N) is 1. The summed E-state index contributed by atoms with van der Waals surface area (Å²) in [6.45, 7) is 2.06. The van der Waals surface area contributed by atoms with Crippen molar-refractivity contribution >= 4 is 22.4 Å². The number of hydrogen-bond acceptors (Lipinski definition) is 6. The SMILES string of the molecule is Cc1csc(NC(=O)c2ccc(COc3cccc(Oc4ccccc4)c3)o2)n1. The number of thiazole rings is 1. The molecule has 1 N–H and O–H groups in total. The first-order valence-electron chi connectivity index (χ1n) is 8.94. The maximum absolute atomic E-state index is 12.2. The molecule has 0 aliphatic heterocycles. The van der Waals surface area contributed by atoms with Gasteiger partial charge in [0, 0.05) is 11.4 Å². The number of para-hydroxylation sites is 1. The Morgan fingerprint density at radius 2 is 1.83 bits per heavy atom. The van der Waals surface area contributed by atoms with E-state index < -0.39 is 0 Å².